The third kappa shape index (κ3) is 5.88. The molecule has 0 spiro atoms. The molecule has 0 bridgehead atoms. The Hall–Kier alpha value is -8.35. The van der Waals surface area contributed by atoms with Crippen LogP contribution >= 0.6 is 7.14 Å². The molecule has 0 saturated carbocycles. The molecule has 416 valence electrons. The molecular weight excluding hydrogens is 1060 g/mol. The smallest absolute Gasteiger partial charge is 0.172 e. The quantitative estimate of drug-likeness (QED) is 0.161. The molecule has 0 radical (unpaired) electrons. The summed E-state index contributed by atoms with van der Waals surface area (Å²) in [5.74, 6) is 0. The molecule has 0 heterocycles. The van der Waals surface area contributed by atoms with E-state index in [4.69, 9.17) is 0 Å². The largest absolute Gasteiger partial charge is 0.309 e. The Balaban J connectivity index is 0.951. The molecule has 12 aromatic rings. The molecule has 0 aliphatic heterocycles. The maximum atomic E-state index is 19.5. The van der Waals surface area contributed by atoms with Crippen LogP contribution in [0.5, 0.6) is 0 Å². The SMILES string of the molecule is CC1(C)c2ccccc2-c2cc3c(cc21)-c1c(cc(P(=O)(c2cc4c(c5ccccc25)-c2cc5c(cc2C4(C)C)-c2ccccc2C5(C)C)c2cc4c(c5ccccc25)-c2cc5c(cc2C4(C)C)-c2ccccc2C5(C)C)c2ccccc12)C3(C)C. The van der Waals surface area contributed by atoms with Gasteiger partial charge in [-0.15, -0.1) is 0 Å². The molecule has 0 N–H and O–H groups in total. The molecule has 0 fully saturated rings. The summed E-state index contributed by atoms with van der Waals surface area (Å²) in [5, 5.41) is 9.37. The van der Waals surface area contributed by atoms with Gasteiger partial charge in [-0.3, -0.25) is 0 Å². The monoisotopic (exact) mass is 1120 g/mol. The van der Waals surface area contributed by atoms with Gasteiger partial charge in [0.15, 0.2) is 7.14 Å². The van der Waals surface area contributed by atoms with E-state index in [2.05, 4.69) is 283 Å². The molecule has 86 heavy (non-hydrogen) atoms. The van der Waals surface area contributed by atoms with Gasteiger partial charge in [-0.1, -0.05) is 229 Å². The van der Waals surface area contributed by atoms with Gasteiger partial charge in [0, 0.05) is 48.4 Å². The lowest BCUT2D eigenvalue weighted by Crippen LogP contribution is -2.30. The van der Waals surface area contributed by atoms with E-state index in [0.717, 1.165) is 48.2 Å². The molecular formula is C84H69OP. The fraction of sp³-hybridized carbons (Fsp3) is 0.214. The van der Waals surface area contributed by atoms with Crippen molar-refractivity contribution in [2.45, 2.75) is 116 Å². The Bertz CT molecular complexity index is 4740. The fourth-order valence-corrected chi connectivity index (χ4v) is 21.8. The minimum Gasteiger partial charge on any atom is -0.309 e. The Kier molecular flexibility index (Phi) is 9.47. The molecule has 1 nitrogen and oxygen atoms in total. The summed E-state index contributed by atoms with van der Waals surface area (Å²) < 4.78 is 19.5. The van der Waals surface area contributed by atoms with Gasteiger partial charge in [-0.05, 0) is 220 Å². The molecule has 2 heteroatoms. The van der Waals surface area contributed by atoms with E-state index in [9.17, 15) is 0 Å². The molecule has 0 amide bonds. The van der Waals surface area contributed by atoms with Gasteiger partial charge in [-0.25, -0.2) is 0 Å². The van der Waals surface area contributed by atoms with Crippen LogP contribution in [0.25, 0.3) is 99.1 Å². The van der Waals surface area contributed by atoms with E-state index in [1.165, 1.54) is 134 Å². The first-order valence-electron chi connectivity index (χ1n) is 31.3. The minimum absolute atomic E-state index is 0.162. The van der Waals surface area contributed by atoms with Crippen LogP contribution in [0.3, 0.4) is 0 Å². The fourth-order valence-electron chi connectivity index (χ4n) is 18.4. The van der Waals surface area contributed by atoms with Crippen LogP contribution in [0.15, 0.2) is 200 Å². The van der Waals surface area contributed by atoms with Gasteiger partial charge in [0.2, 0.25) is 0 Å². The Morgan fingerprint density at radius 3 is 0.698 bits per heavy atom. The first kappa shape index (κ1) is 50.9. The van der Waals surface area contributed by atoms with Gasteiger partial charge in [0.25, 0.3) is 0 Å². The van der Waals surface area contributed by atoms with E-state index in [1.807, 2.05) is 0 Å². The highest BCUT2D eigenvalue weighted by Crippen LogP contribution is 2.64. The Morgan fingerprint density at radius 2 is 0.419 bits per heavy atom. The topological polar surface area (TPSA) is 17.1 Å². The lowest BCUT2D eigenvalue weighted by molar-refractivity contribution is 0.592. The second-order valence-corrected chi connectivity index (χ2v) is 32.1. The summed E-state index contributed by atoms with van der Waals surface area (Å²) >= 11 is 0. The highest BCUT2D eigenvalue weighted by molar-refractivity contribution is 7.86. The van der Waals surface area contributed by atoms with Gasteiger partial charge in [0.05, 0.1) is 0 Å². The summed E-state index contributed by atoms with van der Waals surface area (Å²) in [4.78, 5) is 0. The van der Waals surface area contributed by atoms with Crippen molar-refractivity contribution in [3.05, 3.63) is 267 Å². The van der Waals surface area contributed by atoms with E-state index < -0.39 is 23.4 Å². The Morgan fingerprint density at radius 1 is 0.209 bits per heavy atom. The van der Waals surface area contributed by atoms with Crippen LogP contribution < -0.4 is 15.9 Å². The number of rotatable bonds is 3. The summed E-state index contributed by atoms with van der Waals surface area (Å²) in [5.41, 5.74) is 29.9. The standard InChI is InChI=1S/C84H69OP/c1-79(2)61-34-22-19-25-46(61)55-37-67-58(40-64(55)79)76-52-31-16-13-28-49(52)73(43-70(76)82(67,7)8)86(85,74-44-71-77(53-32-17-14-29-50(53)74)59-41-65-56(38-68(59)83(71,9)10)47-26-20-23-35-62(47)80(65,3)4)75-45-72-78(54-33-18-15-30-51(54)75)60-42-66-57(39-69(60)84(72,11)12)48-27-21-24-36-63(48)81(66,5)6/h13-45H,1-12H3. The lowest BCUT2D eigenvalue weighted by atomic mass is 9.79. The zero-order valence-corrected chi connectivity index (χ0v) is 52.3. The van der Waals surface area contributed by atoms with Gasteiger partial charge in [-0.2, -0.15) is 0 Å². The van der Waals surface area contributed by atoms with Crippen LogP contribution in [0.4, 0.5) is 0 Å². The molecule has 0 unspecified atom stereocenters. The molecule has 6 aliphatic carbocycles. The van der Waals surface area contributed by atoms with Crippen LogP contribution in [-0.4, -0.2) is 0 Å². The summed E-state index contributed by atoms with van der Waals surface area (Å²) in [6.45, 7) is 28.9. The first-order valence-corrected chi connectivity index (χ1v) is 33.0. The maximum absolute atomic E-state index is 19.5. The van der Waals surface area contributed by atoms with Crippen LogP contribution in [0.2, 0.25) is 0 Å². The van der Waals surface area contributed by atoms with Crippen LogP contribution in [0.1, 0.15) is 150 Å². The van der Waals surface area contributed by atoms with Crippen molar-refractivity contribution in [3.63, 3.8) is 0 Å². The van der Waals surface area contributed by atoms with Crippen molar-refractivity contribution >= 4 is 55.4 Å². The first-order chi connectivity index (χ1) is 41.1. The molecule has 12 aromatic carbocycles. The predicted molar refractivity (Wildman–Crippen MR) is 364 cm³/mol. The predicted octanol–water partition coefficient (Wildman–Crippen LogP) is 20.6. The third-order valence-electron chi connectivity index (χ3n) is 23.1. The molecule has 0 saturated heterocycles. The molecule has 0 atom stereocenters. The number of hydrogen-bond donors (Lipinski definition) is 0. The highest BCUT2D eigenvalue weighted by atomic mass is 31.2. The van der Waals surface area contributed by atoms with Crippen LogP contribution in [0, 0.1) is 0 Å². The van der Waals surface area contributed by atoms with E-state index in [-0.39, 0.29) is 16.2 Å². The second kappa shape index (κ2) is 16.0. The van der Waals surface area contributed by atoms with Crippen molar-refractivity contribution in [2.75, 3.05) is 0 Å². The van der Waals surface area contributed by atoms with Crippen molar-refractivity contribution < 1.29 is 4.57 Å². The normalized spacial score (nSPS) is 17.7. The van der Waals surface area contributed by atoms with Crippen molar-refractivity contribution in [3.8, 4) is 66.8 Å². The number of fused-ring (bicyclic) bond motifs is 24. The average Bonchev–Trinajstić information content (AvgIpc) is 1.43. The zero-order chi connectivity index (χ0) is 58.9. The van der Waals surface area contributed by atoms with E-state index in [1.54, 1.807) is 0 Å². The second-order valence-electron chi connectivity index (χ2n) is 29.4. The van der Waals surface area contributed by atoms with Gasteiger partial charge >= 0.3 is 0 Å². The zero-order valence-electron chi connectivity index (χ0n) is 51.4. The lowest BCUT2D eigenvalue weighted by Gasteiger charge is -2.31. The van der Waals surface area contributed by atoms with Crippen molar-refractivity contribution in [1.82, 2.24) is 0 Å². The summed E-state index contributed by atoms with van der Waals surface area (Å²) in [6.07, 6.45) is 0. The molecule has 6 aliphatic rings. The van der Waals surface area contributed by atoms with Crippen molar-refractivity contribution in [2.24, 2.45) is 0 Å². The maximum Gasteiger partial charge on any atom is 0.172 e. The van der Waals surface area contributed by atoms with Gasteiger partial charge < -0.3 is 4.57 Å². The van der Waals surface area contributed by atoms with E-state index >= 15 is 4.57 Å². The van der Waals surface area contributed by atoms with E-state index in [0.29, 0.717) is 0 Å². The Labute approximate surface area is 506 Å². The highest BCUT2D eigenvalue weighted by Gasteiger charge is 2.50. The number of hydrogen-bond acceptors (Lipinski definition) is 1. The minimum atomic E-state index is -4.00. The molecule has 0 aromatic heterocycles. The average molecular weight is 1130 g/mol. The third-order valence-corrected chi connectivity index (χ3v) is 26.2. The summed E-state index contributed by atoms with van der Waals surface area (Å²) in [7, 11) is -4.00. The van der Waals surface area contributed by atoms with Gasteiger partial charge in [0.1, 0.15) is 0 Å². The molecule has 18 rings (SSSR count). The number of benzene rings is 12. The summed E-state index contributed by atoms with van der Waals surface area (Å²) in [6, 6.07) is 76.7. The van der Waals surface area contributed by atoms with Crippen LogP contribution in [-0.2, 0) is 37.1 Å². The van der Waals surface area contributed by atoms with Crippen molar-refractivity contribution in [1.29, 1.82) is 0 Å².